The summed E-state index contributed by atoms with van der Waals surface area (Å²) in [6, 6.07) is 1.20. The molecule has 3 aliphatic heterocycles. The highest BCUT2D eigenvalue weighted by Crippen LogP contribution is 2.86. The van der Waals surface area contributed by atoms with E-state index in [1.807, 2.05) is 0 Å². The summed E-state index contributed by atoms with van der Waals surface area (Å²) < 4.78 is 0. The number of carbonyl (C=O) groups excluding carboxylic acids is 1. The van der Waals surface area contributed by atoms with E-state index in [1.54, 1.807) is 0 Å². The van der Waals surface area contributed by atoms with Crippen LogP contribution in [0, 0.1) is 39.9 Å². The van der Waals surface area contributed by atoms with E-state index in [-0.39, 0.29) is 22.7 Å². The summed E-state index contributed by atoms with van der Waals surface area (Å²) in [5.41, 5.74) is 1.77. The minimum atomic E-state index is -0.446. The molecule has 6 aliphatic carbocycles. The number of fused-ring (bicyclic) bond motifs is 1. The van der Waals surface area contributed by atoms with Crippen LogP contribution in [0.4, 0.5) is 0 Å². The van der Waals surface area contributed by atoms with Gasteiger partial charge in [-0.2, -0.15) is 0 Å². The van der Waals surface area contributed by atoms with E-state index >= 15 is 0 Å². The van der Waals surface area contributed by atoms with Crippen molar-refractivity contribution >= 4 is 5.78 Å². The van der Waals surface area contributed by atoms with Crippen molar-refractivity contribution in [2.45, 2.75) is 57.2 Å². The highest BCUT2D eigenvalue weighted by atomic mass is 16.3. The Balaban J connectivity index is 1.56. The minimum Gasteiger partial charge on any atom is -0.392 e. The quantitative estimate of drug-likeness (QED) is 0.696. The van der Waals surface area contributed by atoms with Crippen LogP contribution in [0.15, 0.2) is 12.2 Å². The first kappa shape index (κ1) is 12.7. The first-order valence-corrected chi connectivity index (χ1v) is 9.61. The number of hydrogen-bond acceptors (Lipinski definition) is 3. The molecule has 11 unspecified atom stereocenters. The molecule has 0 amide bonds. The molecule has 0 aromatic carbocycles. The third kappa shape index (κ3) is 0.896. The number of ketones is 1. The number of aliphatic hydroxyl groups is 1. The molecule has 9 bridgehead atoms. The molecule has 6 saturated carbocycles. The van der Waals surface area contributed by atoms with Gasteiger partial charge in [0, 0.05) is 35.9 Å². The number of rotatable bonds is 0. The summed E-state index contributed by atoms with van der Waals surface area (Å²) in [5, 5.41) is 11.1. The van der Waals surface area contributed by atoms with Gasteiger partial charge in [0.1, 0.15) is 5.78 Å². The summed E-state index contributed by atoms with van der Waals surface area (Å²) in [7, 11) is 0. The van der Waals surface area contributed by atoms with Gasteiger partial charge in [-0.3, -0.25) is 9.69 Å². The van der Waals surface area contributed by atoms with Gasteiger partial charge in [0.25, 0.3) is 0 Å². The standard InChI is InChI=1S/C20H25NO2/c1-9-6-19-7-10-15-18(2)4-3-5-20(15)16(19)14(23)11(9)13(22)12(19)17(20)21(10)8-18/h10-13,15-17,22H,1,3-8H2,2H3. The smallest absolute Gasteiger partial charge is 0.146 e. The highest BCUT2D eigenvalue weighted by Gasteiger charge is 2.89. The molecule has 9 aliphatic rings. The molecule has 3 heteroatoms. The molecule has 2 spiro atoms. The number of piperidine rings is 2. The maximum Gasteiger partial charge on any atom is 0.146 e. The van der Waals surface area contributed by atoms with Crippen LogP contribution in [0.25, 0.3) is 0 Å². The van der Waals surface area contributed by atoms with Gasteiger partial charge >= 0.3 is 0 Å². The van der Waals surface area contributed by atoms with Crippen LogP contribution in [0.5, 0.6) is 0 Å². The summed E-state index contributed by atoms with van der Waals surface area (Å²) in [4.78, 5) is 16.3. The maximum atomic E-state index is 13.5. The van der Waals surface area contributed by atoms with Gasteiger partial charge in [0.05, 0.1) is 12.0 Å². The lowest BCUT2D eigenvalue weighted by molar-refractivity contribution is -0.174. The molecule has 122 valence electrons. The van der Waals surface area contributed by atoms with Gasteiger partial charge in [0.2, 0.25) is 0 Å². The fourth-order valence-corrected chi connectivity index (χ4v) is 10.3. The van der Waals surface area contributed by atoms with Crippen molar-refractivity contribution in [1.29, 1.82) is 0 Å². The first-order valence-electron chi connectivity index (χ1n) is 9.61. The lowest BCUT2D eigenvalue weighted by Crippen LogP contribution is -2.66. The predicted molar refractivity (Wildman–Crippen MR) is 84.5 cm³/mol. The van der Waals surface area contributed by atoms with Crippen LogP contribution in [0.1, 0.15) is 39.0 Å². The molecule has 0 aromatic rings. The zero-order chi connectivity index (χ0) is 15.5. The molecule has 3 saturated heterocycles. The third-order valence-corrected chi connectivity index (χ3v) is 9.95. The van der Waals surface area contributed by atoms with Crippen LogP contribution < -0.4 is 0 Å². The largest absolute Gasteiger partial charge is 0.392 e. The van der Waals surface area contributed by atoms with Crippen molar-refractivity contribution in [3.05, 3.63) is 12.2 Å². The number of hydrogen-bond donors (Lipinski definition) is 1. The predicted octanol–water partition coefficient (Wildman–Crippen LogP) is 2.00. The molecular weight excluding hydrogens is 286 g/mol. The fourth-order valence-electron chi connectivity index (χ4n) is 10.3. The highest BCUT2D eigenvalue weighted by molar-refractivity contribution is 5.92. The van der Waals surface area contributed by atoms with E-state index in [4.69, 9.17) is 0 Å². The zero-order valence-corrected chi connectivity index (χ0v) is 13.8. The van der Waals surface area contributed by atoms with Gasteiger partial charge < -0.3 is 5.11 Å². The molecule has 11 atom stereocenters. The second kappa shape index (κ2) is 3.10. The van der Waals surface area contributed by atoms with E-state index in [0.717, 1.165) is 24.3 Å². The lowest BCUT2D eigenvalue weighted by Gasteiger charge is -2.62. The Morgan fingerprint density at radius 2 is 2.17 bits per heavy atom. The maximum absolute atomic E-state index is 13.5. The Hall–Kier alpha value is -0.670. The topological polar surface area (TPSA) is 40.5 Å². The van der Waals surface area contributed by atoms with Crippen molar-refractivity contribution in [3.8, 4) is 0 Å². The van der Waals surface area contributed by atoms with Crippen LogP contribution in [-0.2, 0) is 4.79 Å². The van der Waals surface area contributed by atoms with Gasteiger partial charge in [-0.1, -0.05) is 25.5 Å². The monoisotopic (exact) mass is 311 g/mol. The summed E-state index contributed by atoms with van der Waals surface area (Å²) in [6.07, 6.45) is 5.62. The fraction of sp³-hybridized carbons (Fsp3) is 0.850. The normalized spacial score (nSPS) is 72.4. The second-order valence-corrected chi connectivity index (χ2v) is 10.4. The number of carbonyl (C=O) groups is 1. The summed E-state index contributed by atoms with van der Waals surface area (Å²) >= 11 is 0. The van der Waals surface area contributed by atoms with Crippen molar-refractivity contribution in [2.75, 3.05) is 6.54 Å². The molecule has 9 rings (SSSR count). The van der Waals surface area contributed by atoms with E-state index < -0.39 is 6.10 Å². The first-order chi connectivity index (χ1) is 11.0. The molecule has 9 fully saturated rings. The van der Waals surface area contributed by atoms with Crippen LogP contribution >= 0.6 is 0 Å². The number of aliphatic hydroxyl groups excluding tert-OH is 1. The molecule has 3 nitrogen and oxygen atoms in total. The molecule has 0 radical (unpaired) electrons. The van der Waals surface area contributed by atoms with Gasteiger partial charge in [-0.05, 0) is 42.4 Å². The summed E-state index contributed by atoms with van der Waals surface area (Å²) in [6.45, 7) is 7.95. The average Bonchev–Trinajstić information content (AvgIpc) is 2.90. The Morgan fingerprint density at radius 1 is 1.35 bits per heavy atom. The molecule has 23 heavy (non-hydrogen) atoms. The zero-order valence-electron chi connectivity index (χ0n) is 13.8. The van der Waals surface area contributed by atoms with Crippen molar-refractivity contribution in [3.63, 3.8) is 0 Å². The molecular formula is C20H25NO2. The Bertz CT molecular complexity index is 716. The Labute approximate surface area is 137 Å². The number of Topliss-reactive ketones (excluding diaryl/α,β-unsaturated/α-hetero) is 1. The van der Waals surface area contributed by atoms with E-state index in [0.29, 0.717) is 29.2 Å². The van der Waals surface area contributed by atoms with Crippen LogP contribution in [0.3, 0.4) is 0 Å². The van der Waals surface area contributed by atoms with Crippen molar-refractivity contribution in [1.82, 2.24) is 4.90 Å². The Morgan fingerprint density at radius 3 is 3.00 bits per heavy atom. The molecule has 3 heterocycles. The van der Waals surface area contributed by atoms with Crippen LogP contribution in [-0.4, -0.2) is 40.5 Å². The van der Waals surface area contributed by atoms with Crippen molar-refractivity contribution < 1.29 is 9.90 Å². The number of nitrogens with zero attached hydrogens (tertiary/aromatic N) is 1. The molecule has 1 N–H and O–H groups in total. The average molecular weight is 311 g/mol. The van der Waals surface area contributed by atoms with Gasteiger partial charge in [0.15, 0.2) is 0 Å². The van der Waals surface area contributed by atoms with E-state index in [1.165, 1.54) is 25.8 Å². The van der Waals surface area contributed by atoms with Crippen molar-refractivity contribution in [2.24, 2.45) is 39.9 Å². The SMILES string of the molecule is C=C1CC23CC4C5C6(C)CCCC57C(C2C(O)C1C(=O)C37)N4C6. The third-order valence-electron chi connectivity index (χ3n) is 9.95. The molecule has 0 aromatic heterocycles. The lowest BCUT2D eigenvalue weighted by atomic mass is 9.40. The minimum absolute atomic E-state index is 0.0766. The van der Waals surface area contributed by atoms with Gasteiger partial charge in [-0.15, -0.1) is 0 Å². The van der Waals surface area contributed by atoms with Gasteiger partial charge in [-0.25, -0.2) is 0 Å². The summed E-state index contributed by atoms with van der Waals surface area (Å²) in [5.74, 6) is 1.47. The van der Waals surface area contributed by atoms with E-state index in [2.05, 4.69) is 18.4 Å². The van der Waals surface area contributed by atoms with E-state index in [9.17, 15) is 9.90 Å². The second-order valence-electron chi connectivity index (χ2n) is 10.4. The Kier molecular flexibility index (Phi) is 1.71. The van der Waals surface area contributed by atoms with Crippen LogP contribution in [0.2, 0.25) is 0 Å².